The van der Waals surface area contributed by atoms with Crippen LogP contribution in [-0.4, -0.2) is 48.6 Å². The van der Waals surface area contributed by atoms with Crippen LogP contribution in [0.2, 0.25) is 5.02 Å². The molecule has 0 radical (unpaired) electrons. The number of rotatable bonds is 5. The fourth-order valence-corrected chi connectivity index (χ4v) is 5.64. The maximum atomic E-state index is 11.7. The van der Waals surface area contributed by atoms with Crippen LogP contribution in [0.5, 0.6) is 11.5 Å². The number of ether oxygens (including phenoxy) is 2. The first kappa shape index (κ1) is 22.1. The first-order valence-corrected chi connectivity index (χ1v) is 11.8. The molecule has 2 heterocycles. The Hall–Kier alpha value is -2.70. The average molecular weight is 470 g/mol. The van der Waals surface area contributed by atoms with Crippen molar-refractivity contribution < 1.29 is 24.5 Å². The number of anilines is 1. The predicted molar refractivity (Wildman–Crippen MR) is 127 cm³/mol. The highest BCUT2D eigenvalue weighted by molar-refractivity contribution is 6.30. The normalized spacial score (nSPS) is 26.7. The van der Waals surface area contributed by atoms with Gasteiger partial charge in [0.2, 0.25) is 0 Å². The van der Waals surface area contributed by atoms with E-state index in [9.17, 15) is 15.0 Å². The maximum Gasteiger partial charge on any atom is 0.335 e. The molecule has 33 heavy (non-hydrogen) atoms. The number of nitrogens with zero attached hydrogens (tertiary/aromatic N) is 1. The quantitative estimate of drug-likeness (QED) is 0.626. The van der Waals surface area contributed by atoms with E-state index in [1.807, 2.05) is 18.2 Å². The number of aliphatic hydroxyl groups excluding tert-OH is 1. The van der Waals surface area contributed by atoms with E-state index in [0.29, 0.717) is 43.0 Å². The van der Waals surface area contributed by atoms with Crippen LogP contribution in [-0.2, 0) is 5.41 Å². The first-order chi connectivity index (χ1) is 15.9. The van der Waals surface area contributed by atoms with Gasteiger partial charge in [0.1, 0.15) is 11.5 Å². The second-order valence-corrected chi connectivity index (χ2v) is 9.84. The molecule has 3 aliphatic rings. The second kappa shape index (κ2) is 8.58. The SMILES string of the molecule is C=CC(O)[C@@H]1CC[C@H]1CN1CC2(CCOc3cc(Cl)ccc32)COc2ccc(C(=O)O)cc21. The van der Waals surface area contributed by atoms with E-state index in [4.69, 9.17) is 21.1 Å². The molecule has 4 atom stereocenters. The molecule has 2 aromatic carbocycles. The van der Waals surface area contributed by atoms with Gasteiger partial charge >= 0.3 is 5.97 Å². The Balaban J connectivity index is 1.55. The lowest BCUT2D eigenvalue weighted by Gasteiger charge is -2.45. The molecule has 0 bridgehead atoms. The first-order valence-electron chi connectivity index (χ1n) is 11.4. The van der Waals surface area contributed by atoms with Gasteiger partial charge in [-0.2, -0.15) is 0 Å². The average Bonchev–Trinajstić information content (AvgIpc) is 2.93. The van der Waals surface area contributed by atoms with Crippen LogP contribution in [0.25, 0.3) is 0 Å². The van der Waals surface area contributed by atoms with Crippen LogP contribution in [0, 0.1) is 11.8 Å². The summed E-state index contributed by atoms with van der Waals surface area (Å²) in [6.45, 7) is 6.14. The zero-order chi connectivity index (χ0) is 23.2. The smallest absolute Gasteiger partial charge is 0.335 e. The predicted octanol–water partition coefficient (Wildman–Crippen LogP) is 4.53. The summed E-state index contributed by atoms with van der Waals surface area (Å²) in [5, 5.41) is 20.6. The molecule has 2 N–H and O–H groups in total. The maximum absolute atomic E-state index is 11.7. The van der Waals surface area contributed by atoms with Crippen LogP contribution in [0.4, 0.5) is 5.69 Å². The number of hydrogen-bond acceptors (Lipinski definition) is 5. The minimum atomic E-state index is -0.966. The Morgan fingerprint density at radius 2 is 2.09 bits per heavy atom. The van der Waals surface area contributed by atoms with Crippen molar-refractivity contribution in [1.29, 1.82) is 0 Å². The number of hydrogen-bond donors (Lipinski definition) is 2. The molecule has 1 aliphatic carbocycles. The van der Waals surface area contributed by atoms with Crippen molar-refractivity contribution in [1.82, 2.24) is 0 Å². The lowest BCUT2D eigenvalue weighted by molar-refractivity contribution is 0.0458. The lowest BCUT2D eigenvalue weighted by Crippen LogP contribution is -2.50. The molecular formula is C26H28ClNO5. The van der Waals surface area contributed by atoms with Crippen LogP contribution in [0.3, 0.4) is 0 Å². The van der Waals surface area contributed by atoms with Gasteiger partial charge in [0.15, 0.2) is 0 Å². The van der Waals surface area contributed by atoms with Crippen LogP contribution in [0.15, 0.2) is 49.1 Å². The fraction of sp³-hybridized carbons (Fsp3) is 0.423. The summed E-state index contributed by atoms with van der Waals surface area (Å²) >= 11 is 6.23. The van der Waals surface area contributed by atoms with Crippen molar-refractivity contribution in [3.8, 4) is 11.5 Å². The van der Waals surface area contributed by atoms with Gasteiger partial charge in [-0.05, 0) is 61.4 Å². The Morgan fingerprint density at radius 3 is 2.82 bits per heavy atom. The van der Waals surface area contributed by atoms with Crippen molar-refractivity contribution in [3.63, 3.8) is 0 Å². The third-order valence-corrected chi connectivity index (χ3v) is 7.74. The number of carboxylic acid groups (broad SMARTS) is 1. The lowest BCUT2D eigenvalue weighted by atomic mass is 9.70. The van der Waals surface area contributed by atoms with Gasteiger partial charge in [-0.1, -0.05) is 23.7 Å². The number of aliphatic hydroxyl groups is 1. The molecular weight excluding hydrogens is 442 g/mol. The van der Waals surface area contributed by atoms with Gasteiger partial charge in [0, 0.05) is 23.7 Å². The van der Waals surface area contributed by atoms with Gasteiger partial charge in [0.05, 0.1) is 36.0 Å². The molecule has 2 aromatic rings. The third kappa shape index (κ3) is 3.96. The Labute approximate surface area is 198 Å². The summed E-state index contributed by atoms with van der Waals surface area (Å²) in [7, 11) is 0. The summed E-state index contributed by atoms with van der Waals surface area (Å²) < 4.78 is 12.3. The van der Waals surface area contributed by atoms with Crippen molar-refractivity contribution in [2.75, 3.05) is 31.2 Å². The van der Waals surface area contributed by atoms with E-state index in [1.54, 1.807) is 24.3 Å². The Bertz CT molecular complexity index is 1090. The van der Waals surface area contributed by atoms with Crippen molar-refractivity contribution in [2.45, 2.75) is 30.8 Å². The zero-order valence-electron chi connectivity index (χ0n) is 18.4. The minimum Gasteiger partial charge on any atom is -0.493 e. The number of carbonyl (C=O) groups is 1. The highest BCUT2D eigenvalue weighted by Crippen LogP contribution is 2.47. The number of carboxylic acids is 1. The number of aromatic carboxylic acids is 1. The van der Waals surface area contributed by atoms with Gasteiger partial charge < -0.3 is 24.6 Å². The summed E-state index contributed by atoms with van der Waals surface area (Å²) in [5.74, 6) is 0.942. The van der Waals surface area contributed by atoms with Gasteiger partial charge in [-0.25, -0.2) is 4.79 Å². The second-order valence-electron chi connectivity index (χ2n) is 9.40. The highest BCUT2D eigenvalue weighted by Gasteiger charge is 2.44. The summed E-state index contributed by atoms with van der Waals surface area (Å²) in [4.78, 5) is 14.0. The standard InChI is InChI=1S/C26H28ClNO5/c1-2-22(29)19-6-3-17(19)13-28-14-26(9-10-32-24-12-18(27)5-7-20(24)26)15-33-23-8-4-16(25(30)31)11-21(23)28/h2,4-5,7-8,11-12,17,19,22,29H,1,3,6,9-10,13-15H2,(H,30,31)/t17-,19+,22?,26?/m0/s1. The van der Waals surface area contributed by atoms with Crippen molar-refractivity contribution >= 4 is 23.3 Å². The van der Waals surface area contributed by atoms with Crippen molar-refractivity contribution in [2.24, 2.45) is 11.8 Å². The molecule has 6 nitrogen and oxygen atoms in total. The molecule has 2 unspecified atom stereocenters. The van der Waals surface area contributed by atoms with Crippen LogP contribution in [0.1, 0.15) is 35.2 Å². The molecule has 5 rings (SSSR count). The third-order valence-electron chi connectivity index (χ3n) is 7.51. The zero-order valence-corrected chi connectivity index (χ0v) is 19.1. The molecule has 1 fully saturated rings. The molecule has 0 amide bonds. The van der Waals surface area contributed by atoms with E-state index in [-0.39, 0.29) is 16.9 Å². The van der Waals surface area contributed by atoms with Gasteiger partial charge in [-0.3, -0.25) is 0 Å². The molecule has 2 aliphatic heterocycles. The van der Waals surface area contributed by atoms with E-state index in [0.717, 1.165) is 36.3 Å². The fourth-order valence-electron chi connectivity index (χ4n) is 5.48. The molecule has 0 saturated heterocycles. The monoisotopic (exact) mass is 469 g/mol. The topological polar surface area (TPSA) is 79.2 Å². The van der Waals surface area contributed by atoms with Gasteiger partial charge in [0.25, 0.3) is 0 Å². The summed E-state index contributed by atoms with van der Waals surface area (Å²) in [6.07, 6.45) is 3.84. The molecule has 1 spiro atoms. The van der Waals surface area contributed by atoms with Crippen LogP contribution < -0.4 is 14.4 Å². The van der Waals surface area contributed by atoms with Crippen molar-refractivity contribution in [3.05, 3.63) is 65.2 Å². The molecule has 1 saturated carbocycles. The molecule has 7 heteroatoms. The van der Waals surface area contributed by atoms with Crippen LogP contribution >= 0.6 is 11.6 Å². The number of benzene rings is 2. The largest absolute Gasteiger partial charge is 0.493 e. The van der Waals surface area contributed by atoms with E-state index in [1.165, 1.54) is 0 Å². The summed E-state index contributed by atoms with van der Waals surface area (Å²) in [6, 6.07) is 10.8. The molecule has 174 valence electrons. The van der Waals surface area contributed by atoms with E-state index >= 15 is 0 Å². The van der Waals surface area contributed by atoms with E-state index in [2.05, 4.69) is 11.5 Å². The minimum absolute atomic E-state index is 0.162. The van der Waals surface area contributed by atoms with Gasteiger partial charge in [-0.15, -0.1) is 6.58 Å². The Kier molecular flexibility index (Phi) is 5.75. The summed E-state index contributed by atoms with van der Waals surface area (Å²) in [5.41, 5.74) is 1.75. The Morgan fingerprint density at radius 1 is 1.24 bits per heavy atom. The van der Waals surface area contributed by atoms with E-state index < -0.39 is 12.1 Å². The number of fused-ring (bicyclic) bond motifs is 3. The highest BCUT2D eigenvalue weighted by atomic mass is 35.5. The number of halogens is 1. The molecule has 0 aromatic heterocycles.